The molecule has 0 spiro atoms. The van der Waals surface area contributed by atoms with Crippen molar-refractivity contribution in [1.82, 2.24) is 10.2 Å². The summed E-state index contributed by atoms with van der Waals surface area (Å²) in [5.74, 6) is -1.62. The zero-order chi connectivity index (χ0) is 30.0. The van der Waals surface area contributed by atoms with Crippen molar-refractivity contribution in [3.63, 3.8) is 0 Å². The maximum Gasteiger partial charge on any atom is 0.417 e. The monoisotopic (exact) mass is 608 g/mol. The number of benzene rings is 4. The van der Waals surface area contributed by atoms with Crippen molar-refractivity contribution in [2.45, 2.75) is 18.5 Å². The molecule has 0 atom stereocenters. The van der Waals surface area contributed by atoms with E-state index >= 15 is 0 Å². The number of thiophene rings is 1. The number of ether oxygens (including phenoxy) is 1. The smallest absolute Gasteiger partial charge is 0.417 e. The fraction of sp³-hybridized carbons (Fsp3) is 0.103. The summed E-state index contributed by atoms with van der Waals surface area (Å²) >= 11 is 1.39. The van der Waals surface area contributed by atoms with Gasteiger partial charge in [0.2, 0.25) is 5.88 Å². The first-order valence-electron chi connectivity index (χ1n) is 12.0. The van der Waals surface area contributed by atoms with Crippen LogP contribution in [0.2, 0.25) is 0 Å². The molecule has 0 aliphatic rings. The molecule has 0 saturated carbocycles. The SMILES string of the molecule is FC(F)(F)c1cc(Oc2nnc(-c3cc4ccccc4s3)c3cc4ccccc4cc23)cc(C(F)(F)F)c1C(F)(F)F. The number of alkyl halides is 9. The van der Waals surface area contributed by atoms with Gasteiger partial charge in [-0.1, -0.05) is 42.5 Å². The third-order valence-electron chi connectivity index (χ3n) is 6.49. The van der Waals surface area contributed by atoms with Gasteiger partial charge in [-0.05, 0) is 52.6 Å². The summed E-state index contributed by atoms with van der Waals surface area (Å²) in [6.07, 6.45) is -17.5. The molecule has 214 valence electrons. The minimum atomic E-state index is -5.95. The van der Waals surface area contributed by atoms with E-state index in [9.17, 15) is 39.5 Å². The Bertz CT molecular complexity index is 1920. The van der Waals surface area contributed by atoms with E-state index in [0.717, 1.165) is 15.5 Å². The summed E-state index contributed by atoms with van der Waals surface area (Å²) in [5, 5.41) is 11.1. The predicted molar refractivity (Wildman–Crippen MR) is 139 cm³/mol. The third kappa shape index (κ3) is 4.97. The summed E-state index contributed by atoms with van der Waals surface area (Å²) in [7, 11) is 0. The third-order valence-corrected chi connectivity index (χ3v) is 7.61. The van der Waals surface area contributed by atoms with Crippen molar-refractivity contribution in [3.8, 4) is 22.2 Å². The summed E-state index contributed by atoms with van der Waals surface area (Å²) < 4.78 is 129. The molecule has 0 bridgehead atoms. The average Bonchev–Trinajstić information content (AvgIpc) is 3.34. The Morgan fingerprint density at radius 2 is 1.12 bits per heavy atom. The van der Waals surface area contributed by atoms with E-state index in [2.05, 4.69) is 10.2 Å². The molecule has 6 rings (SSSR count). The number of halogens is 9. The van der Waals surface area contributed by atoms with Gasteiger partial charge in [0, 0.05) is 15.5 Å². The molecule has 6 aromatic rings. The zero-order valence-corrected chi connectivity index (χ0v) is 21.4. The highest BCUT2D eigenvalue weighted by Crippen LogP contribution is 2.49. The van der Waals surface area contributed by atoms with Crippen molar-refractivity contribution in [1.29, 1.82) is 0 Å². The normalized spacial score (nSPS) is 12.9. The summed E-state index contributed by atoms with van der Waals surface area (Å²) in [4.78, 5) is 0.684. The number of hydrogen-bond acceptors (Lipinski definition) is 4. The summed E-state index contributed by atoms with van der Waals surface area (Å²) in [6, 6.07) is 19.4. The zero-order valence-electron chi connectivity index (χ0n) is 20.6. The first kappa shape index (κ1) is 27.8. The van der Waals surface area contributed by atoms with Gasteiger partial charge >= 0.3 is 18.5 Å². The molecule has 0 saturated heterocycles. The van der Waals surface area contributed by atoms with Crippen LogP contribution in [0.15, 0.2) is 78.9 Å². The number of hydrogen-bond donors (Lipinski definition) is 0. The van der Waals surface area contributed by atoms with E-state index in [4.69, 9.17) is 4.74 Å². The van der Waals surface area contributed by atoms with E-state index in [0.29, 0.717) is 21.3 Å². The lowest BCUT2D eigenvalue weighted by Crippen LogP contribution is -2.23. The fourth-order valence-electron chi connectivity index (χ4n) is 4.71. The lowest BCUT2D eigenvalue weighted by Gasteiger charge is -2.22. The molecule has 0 N–H and O–H groups in total. The molecule has 2 aromatic heterocycles. The molecule has 0 aliphatic carbocycles. The van der Waals surface area contributed by atoms with Crippen LogP contribution in [-0.4, -0.2) is 10.2 Å². The lowest BCUT2D eigenvalue weighted by molar-refractivity contribution is -0.174. The molecule has 3 nitrogen and oxygen atoms in total. The van der Waals surface area contributed by atoms with E-state index in [1.807, 2.05) is 30.3 Å². The van der Waals surface area contributed by atoms with Crippen molar-refractivity contribution in [2.24, 2.45) is 0 Å². The van der Waals surface area contributed by atoms with Crippen LogP contribution in [0.5, 0.6) is 11.6 Å². The molecule has 0 radical (unpaired) electrons. The molecule has 2 heterocycles. The Kier molecular flexibility index (Phi) is 6.33. The van der Waals surface area contributed by atoms with Crippen LogP contribution in [0.3, 0.4) is 0 Å². The van der Waals surface area contributed by atoms with Crippen molar-refractivity contribution < 1.29 is 44.3 Å². The standard InChI is InChI=1S/C29H13F9N2OS/c30-27(31,32)20-12-17(13-21(28(33,34)35)24(20)29(36,37)38)41-26-19-10-15-6-2-1-5-14(15)9-18(19)25(39-40-26)23-11-16-7-3-4-8-22(16)42-23/h1-13H. The van der Waals surface area contributed by atoms with E-state index < -0.39 is 46.8 Å². The molecule has 42 heavy (non-hydrogen) atoms. The van der Waals surface area contributed by atoms with Crippen LogP contribution >= 0.6 is 11.3 Å². The van der Waals surface area contributed by atoms with Crippen LogP contribution in [0.1, 0.15) is 16.7 Å². The van der Waals surface area contributed by atoms with Gasteiger partial charge in [0.05, 0.1) is 21.6 Å². The van der Waals surface area contributed by atoms with Gasteiger partial charge in [0.25, 0.3) is 0 Å². The highest BCUT2D eigenvalue weighted by Gasteiger charge is 2.50. The first-order chi connectivity index (χ1) is 19.7. The second kappa shape index (κ2) is 9.58. The molecule has 4 aromatic carbocycles. The molecular formula is C29H13F9N2OS. The summed E-state index contributed by atoms with van der Waals surface area (Å²) in [6.45, 7) is 0. The summed E-state index contributed by atoms with van der Waals surface area (Å²) in [5.41, 5.74) is -7.55. The minimum absolute atomic E-state index is 0.119. The number of rotatable bonds is 3. The Labute approximate surface area is 233 Å². The largest absolute Gasteiger partial charge is 0.437 e. The second-order valence-corrected chi connectivity index (χ2v) is 10.3. The van der Waals surface area contributed by atoms with E-state index in [1.165, 1.54) is 11.3 Å². The molecule has 0 aliphatic heterocycles. The van der Waals surface area contributed by atoms with Gasteiger partial charge in [0.15, 0.2) is 0 Å². The molecule has 0 amide bonds. The molecule has 0 fully saturated rings. The van der Waals surface area contributed by atoms with Gasteiger partial charge in [-0.15, -0.1) is 21.5 Å². The van der Waals surface area contributed by atoms with Gasteiger partial charge in [-0.3, -0.25) is 0 Å². The maximum absolute atomic E-state index is 13.7. The predicted octanol–water partition coefficient (Wildman–Crippen LogP) is 10.5. The Morgan fingerprint density at radius 3 is 1.67 bits per heavy atom. The van der Waals surface area contributed by atoms with Crippen LogP contribution in [-0.2, 0) is 18.5 Å². The topological polar surface area (TPSA) is 35.0 Å². The van der Waals surface area contributed by atoms with E-state index in [1.54, 1.807) is 36.4 Å². The van der Waals surface area contributed by atoms with Crippen molar-refractivity contribution >= 4 is 43.0 Å². The fourth-order valence-corrected chi connectivity index (χ4v) is 5.77. The van der Waals surface area contributed by atoms with Gasteiger partial charge in [-0.25, -0.2) is 0 Å². The number of nitrogens with zero attached hydrogens (tertiary/aromatic N) is 2. The first-order valence-corrected chi connectivity index (χ1v) is 12.8. The Morgan fingerprint density at radius 1 is 0.571 bits per heavy atom. The quantitative estimate of drug-likeness (QED) is 0.148. The van der Waals surface area contributed by atoms with Crippen LogP contribution < -0.4 is 4.74 Å². The van der Waals surface area contributed by atoms with Crippen molar-refractivity contribution in [2.75, 3.05) is 0 Å². The highest BCUT2D eigenvalue weighted by molar-refractivity contribution is 7.22. The van der Waals surface area contributed by atoms with Gasteiger partial charge < -0.3 is 4.74 Å². The lowest BCUT2D eigenvalue weighted by atomic mass is 9.98. The Balaban J connectivity index is 1.58. The Hall–Kier alpha value is -4.39. The van der Waals surface area contributed by atoms with Gasteiger partial charge in [-0.2, -0.15) is 39.5 Å². The average molecular weight is 608 g/mol. The maximum atomic E-state index is 13.7. The number of aromatic nitrogens is 2. The molecule has 13 heteroatoms. The number of fused-ring (bicyclic) bond motifs is 3. The molecular weight excluding hydrogens is 595 g/mol. The van der Waals surface area contributed by atoms with Crippen LogP contribution in [0.4, 0.5) is 39.5 Å². The van der Waals surface area contributed by atoms with Gasteiger partial charge in [0.1, 0.15) is 11.4 Å². The van der Waals surface area contributed by atoms with Crippen LogP contribution in [0, 0.1) is 0 Å². The minimum Gasteiger partial charge on any atom is -0.437 e. The van der Waals surface area contributed by atoms with E-state index in [-0.39, 0.29) is 17.5 Å². The van der Waals surface area contributed by atoms with Crippen LogP contribution in [0.25, 0.3) is 42.2 Å². The van der Waals surface area contributed by atoms with Crippen molar-refractivity contribution in [3.05, 3.63) is 95.6 Å². The highest BCUT2D eigenvalue weighted by atomic mass is 32.1. The second-order valence-electron chi connectivity index (χ2n) is 9.24. The molecule has 0 unspecified atom stereocenters.